The fourth-order valence-corrected chi connectivity index (χ4v) is 2.16. The van der Waals surface area contributed by atoms with Crippen LogP contribution in [0.2, 0.25) is 0 Å². The minimum atomic E-state index is -3.07. The maximum absolute atomic E-state index is 12.5. The number of aryl methyl sites for hydroxylation is 1. The summed E-state index contributed by atoms with van der Waals surface area (Å²) in [4.78, 5) is 12.1. The van der Waals surface area contributed by atoms with Gasteiger partial charge in [-0.2, -0.15) is 8.78 Å². The minimum absolute atomic E-state index is 0.0383. The average Bonchev–Trinajstić information content (AvgIpc) is 2.83. The molecule has 1 amide bonds. The molecule has 0 unspecified atom stereocenters. The van der Waals surface area contributed by atoms with Crippen molar-refractivity contribution in [3.8, 4) is 11.5 Å². The number of para-hydroxylation sites is 1. The van der Waals surface area contributed by atoms with E-state index in [9.17, 15) is 13.6 Å². The number of ether oxygens (including phenoxy) is 2. The zero-order chi connectivity index (χ0) is 15.4. The Morgan fingerprint density at radius 3 is 2.71 bits per heavy atom. The first kappa shape index (κ1) is 15.1. The van der Waals surface area contributed by atoms with E-state index in [0.29, 0.717) is 5.01 Å². The van der Waals surface area contributed by atoms with Crippen LogP contribution in [-0.4, -0.2) is 29.8 Å². The molecule has 0 aliphatic carbocycles. The van der Waals surface area contributed by atoms with Gasteiger partial charge in [0.2, 0.25) is 5.13 Å². The third kappa shape index (κ3) is 3.63. The monoisotopic (exact) mass is 315 g/mol. The summed E-state index contributed by atoms with van der Waals surface area (Å²) in [5, 5.41) is 10.9. The van der Waals surface area contributed by atoms with Crippen molar-refractivity contribution in [3.63, 3.8) is 0 Å². The maximum atomic E-state index is 12.5. The minimum Gasteiger partial charge on any atom is -0.493 e. The molecule has 0 saturated carbocycles. The van der Waals surface area contributed by atoms with Crippen LogP contribution >= 0.6 is 11.3 Å². The first-order valence-electron chi connectivity index (χ1n) is 5.74. The van der Waals surface area contributed by atoms with Gasteiger partial charge in [0.15, 0.2) is 11.5 Å². The van der Waals surface area contributed by atoms with Crippen molar-refractivity contribution >= 4 is 22.4 Å². The molecule has 0 saturated heterocycles. The van der Waals surface area contributed by atoms with Crippen LogP contribution < -0.4 is 14.8 Å². The number of rotatable bonds is 5. The molecule has 21 heavy (non-hydrogen) atoms. The molecule has 1 aromatic heterocycles. The number of carbonyl (C=O) groups is 1. The second-order valence-electron chi connectivity index (χ2n) is 3.80. The lowest BCUT2D eigenvalue weighted by Gasteiger charge is -2.13. The van der Waals surface area contributed by atoms with Crippen molar-refractivity contribution in [2.24, 2.45) is 0 Å². The number of anilines is 1. The molecule has 1 N–H and O–H groups in total. The number of methoxy groups -OCH3 is 1. The van der Waals surface area contributed by atoms with Gasteiger partial charge in [0, 0.05) is 0 Å². The van der Waals surface area contributed by atoms with Gasteiger partial charge in [0.1, 0.15) is 5.01 Å². The predicted octanol–water partition coefficient (Wildman–Crippen LogP) is 2.71. The molecule has 0 atom stereocenters. The van der Waals surface area contributed by atoms with E-state index in [0.717, 1.165) is 0 Å². The molecule has 0 aliphatic rings. The van der Waals surface area contributed by atoms with Gasteiger partial charge in [-0.3, -0.25) is 10.1 Å². The van der Waals surface area contributed by atoms with Crippen LogP contribution in [0.5, 0.6) is 11.5 Å². The molecule has 6 nitrogen and oxygen atoms in total. The molecular weight excluding hydrogens is 304 g/mol. The summed E-state index contributed by atoms with van der Waals surface area (Å²) in [6, 6.07) is 4.27. The number of nitrogens with zero attached hydrogens (tertiary/aromatic N) is 2. The SMILES string of the molecule is COc1cccc(C(=O)Nc2nnc(C)s2)c1OC(F)F. The van der Waals surface area contributed by atoms with Crippen LogP contribution in [0, 0.1) is 6.92 Å². The van der Waals surface area contributed by atoms with Gasteiger partial charge < -0.3 is 9.47 Å². The molecule has 0 aliphatic heterocycles. The lowest BCUT2D eigenvalue weighted by molar-refractivity contribution is -0.0515. The fourth-order valence-electron chi connectivity index (χ4n) is 1.58. The number of benzene rings is 1. The molecular formula is C12H11F2N3O3S. The first-order valence-corrected chi connectivity index (χ1v) is 6.56. The Bertz CT molecular complexity index is 648. The van der Waals surface area contributed by atoms with E-state index in [-0.39, 0.29) is 22.2 Å². The van der Waals surface area contributed by atoms with Crippen LogP contribution in [0.1, 0.15) is 15.4 Å². The first-order chi connectivity index (χ1) is 10.0. The van der Waals surface area contributed by atoms with Gasteiger partial charge >= 0.3 is 6.61 Å². The number of hydrogen-bond acceptors (Lipinski definition) is 6. The highest BCUT2D eigenvalue weighted by Gasteiger charge is 2.21. The Hall–Kier alpha value is -2.29. The zero-order valence-electron chi connectivity index (χ0n) is 11.1. The van der Waals surface area contributed by atoms with Gasteiger partial charge in [-0.1, -0.05) is 17.4 Å². The van der Waals surface area contributed by atoms with Crippen LogP contribution in [0.25, 0.3) is 0 Å². The highest BCUT2D eigenvalue weighted by Crippen LogP contribution is 2.33. The summed E-state index contributed by atoms with van der Waals surface area (Å²) < 4.78 is 34.3. The second kappa shape index (κ2) is 6.44. The van der Waals surface area contributed by atoms with Crippen molar-refractivity contribution < 1.29 is 23.0 Å². The topological polar surface area (TPSA) is 73.3 Å². The van der Waals surface area contributed by atoms with Crippen molar-refractivity contribution in [1.29, 1.82) is 0 Å². The van der Waals surface area contributed by atoms with E-state index < -0.39 is 12.5 Å². The van der Waals surface area contributed by atoms with Gasteiger partial charge in [-0.15, -0.1) is 10.2 Å². The van der Waals surface area contributed by atoms with Crippen molar-refractivity contribution in [3.05, 3.63) is 28.8 Å². The smallest absolute Gasteiger partial charge is 0.387 e. The molecule has 0 fully saturated rings. The summed E-state index contributed by atoms with van der Waals surface area (Å²) in [6.07, 6.45) is 0. The van der Waals surface area contributed by atoms with Crippen LogP contribution in [-0.2, 0) is 0 Å². The third-order valence-electron chi connectivity index (χ3n) is 2.40. The summed E-state index contributed by atoms with van der Waals surface area (Å²) in [7, 11) is 1.30. The summed E-state index contributed by atoms with van der Waals surface area (Å²) in [6.45, 7) is -1.35. The normalized spacial score (nSPS) is 10.5. The van der Waals surface area contributed by atoms with Gasteiger partial charge in [-0.05, 0) is 19.1 Å². The molecule has 0 radical (unpaired) electrons. The highest BCUT2D eigenvalue weighted by molar-refractivity contribution is 7.15. The Morgan fingerprint density at radius 1 is 1.38 bits per heavy atom. The lowest BCUT2D eigenvalue weighted by Crippen LogP contribution is -2.15. The number of amides is 1. The third-order valence-corrected chi connectivity index (χ3v) is 3.15. The summed E-state index contributed by atoms with van der Waals surface area (Å²) in [5.41, 5.74) is -0.0810. The Balaban J connectivity index is 2.31. The van der Waals surface area contributed by atoms with E-state index in [2.05, 4.69) is 20.3 Å². The Kier molecular flexibility index (Phi) is 4.63. The lowest BCUT2D eigenvalue weighted by atomic mass is 10.1. The molecule has 9 heteroatoms. The van der Waals surface area contributed by atoms with E-state index >= 15 is 0 Å². The predicted molar refractivity (Wildman–Crippen MR) is 72.2 cm³/mol. The maximum Gasteiger partial charge on any atom is 0.387 e. The van der Waals surface area contributed by atoms with E-state index in [1.807, 2.05) is 0 Å². The molecule has 2 rings (SSSR count). The van der Waals surface area contributed by atoms with Gasteiger partial charge in [0.25, 0.3) is 5.91 Å². The van der Waals surface area contributed by atoms with E-state index in [1.165, 1.54) is 36.6 Å². The van der Waals surface area contributed by atoms with E-state index in [4.69, 9.17) is 4.74 Å². The standard InChI is InChI=1S/C12H11F2N3O3S/c1-6-16-17-12(21-6)15-10(18)7-4-3-5-8(19-2)9(7)20-11(13)14/h3-5,11H,1-2H3,(H,15,17,18). The number of alkyl halides is 2. The largest absolute Gasteiger partial charge is 0.493 e. The Morgan fingerprint density at radius 2 is 2.14 bits per heavy atom. The van der Waals surface area contributed by atoms with Gasteiger partial charge in [0.05, 0.1) is 12.7 Å². The zero-order valence-corrected chi connectivity index (χ0v) is 11.9. The molecule has 1 heterocycles. The average molecular weight is 315 g/mol. The van der Waals surface area contributed by atoms with Gasteiger partial charge in [-0.25, -0.2) is 0 Å². The quantitative estimate of drug-likeness (QED) is 0.918. The van der Waals surface area contributed by atoms with Crippen LogP contribution in [0.4, 0.5) is 13.9 Å². The van der Waals surface area contributed by atoms with Crippen molar-refractivity contribution in [1.82, 2.24) is 10.2 Å². The van der Waals surface area contributed by atoms with Crippen molar-refractivity contribution in [2.45, 2.75) is 13.5 Å². The number of carbonyl (C=O) groups excluding carboxylic acids is 1. The summed E-state index contributed by atoms with van der Waals surface area (Å²) in [5.74, 6) is -0.925. The molecule has 1 aromatic carbocycles. The van der Waals surface area contributed by atoms with Crippen LogP contribution in [0.3, 0.4) is 0 Å². The molecule has 0 spiro atoms. The fraction of sp³-hybridized carbons (Fsp3) is 0.250. The molecule has 112 valence electrons. The van der Waals surface area contributed by atoms with E-state index in [1.54, 1.807) is 6.92 Å². The molecule has 0 bridgehead atoms. The van der Waals surface area contributed by atoms with Crippen LogP contribution in [0.15, 0.2) is 18.2 Å². The number of aromatic nitrogens is 2. The summed E-state index contributed by atoms with van der Waals surface area (Å²) >= 11 is 1.17. The highest BCUT2D eigenvalue weighted by atomic mass is 32.1. The number of halogens is 2. The van der Waals surface area contributed by atoms with Crippen molar-refractivity contribution in [2.75, 3.05) is 12.4 Å². The number of nitrogens with one attached hydrogen (secondary N) is 1. The molecule has 2 aromatic rings. The second-order valence-corrected chi connectivity index (χ2v) is 4.98. The number of hydrogen-bond donors (Lipinski definition) is 1. The Labute approximate surface area is 122 Å².